The van der Waals surface area contributed by atoms with Crippen LogP contribution in [-0.2, 0) is 0 Å². The van der Waals surface area contributed by atoms with Crippen molar-refractivity contribution in [2.24, 2.45) is 0 Å². The number of para-hydroxylation sites is 1. The smallest absolute Gasteiger partial charge is 0.0645 e. The molecule has 0 aliphatic rings. The molecular weight excluding hydrogens is 374 g/mol. The third-order valence-corrected chi connectivity index (χ3v) is 5.72. The Hall–Kier alpha value is -4.10. The molecule has 5 aromatic carbocycles. The van der Waals surface area contributed by atoms with E-state index in [-0.39, 0.29) is 24.2 Å². The maximum atomic E-state index is 8.48. The molecule has 0 aliphatic carbocycles. The highest BCUT2D eigenvalue weighted by atomic mass is 14.7. The van der Waals surface area contributed by atoms with Crippen LogP contribution in [0.4, 0.5) is 0 Å². The summed E-state index contributed by atoms with van der Waals surface area (Å²) in [5.41, 5.74) is 7.75. The number of H-pyrrole nitrogens is 1. The Morgan fingerprint density at radius 1 is 0.452 bits per heavy atom. The van der Waals surface area contributed by atoms with Gasteiger partial charge in [0, 0.05) is 21.8 Å². The lowest BCUT2D eigenvalue weighted by atomic mass is 9.93. The SMILES string of the molecule is [2H]c1c([2H])c([2H])c2c([nH]c3ccc(-c4cc(-c5ccccc5)cc(-c5ccccc5)c4)cc32)c1[2H]. The minimum Gasteiger partial charge on any atom is -0.355 e. The van der Waals surface area contributed by atoms with Crippen LogP contribution < -0.4 is 0 Å². The summed E-state index contributed by atoms with van der Waals surface area (Å²) >= 11 is 0. The second-order valence-corrected chi connectivity index (χ2v) is 7.67. The molecule has 1 N–H and O–H groups in total. The fraction of sp³-hybridized carbons (Fsp3) is 0. The van der Waals surface area contributed by atoms with Gasteiger partial charge in [-0.15, -0.1) is 0 Å². The van der Waals surface area contributed by atoms with Gasteiger partial charge in [-0.1, -0.05) is 84.9 Å². The molecule has 1 heterocycles. The van der Waals surface area contributed by atoms with Crippen LogP contribution in [0.5, 0.6) is 0 Å². The van der Waals surface area contributed by atoms with Crippen LogP contribution in [0.15, 0.2) is 121 Å². The lowest BCUT2D eigenvalue weighted by molar-refractivity contribution is 1.54. The molecule has 0 saturated carbocycles. The highest BCUT2D eigenvalue weighted by molar-refractivity contribution is 6.08. The largest absolute Gasteiger partial charge is 0.355 e. The molecule has 0 saturated heterocycles. The first-order chi connectivity index (χ1) is 17.0. The van der Waals surface area contributed by atoms with Gasteiger partial charge in [-0.25, -0.2) is 0 Å². The molecule has 6 rings (SSSR count). The topological polar surface area (TPSA) is 15.8 Å². The van der Waals surface area contributed by atoms with Crippen molar-refractivity contribution in [2.45, 2.75) is 0 Å². The van der Waals surface area contributed by atoms with Crippen molar-refractivity contribution in [3.8, 4) is 33.4 Å². The first-order valence-corrected chi connectivity index (χ1v) is 10.3. The zero-order chi connectivity index (χ0) is 24.1. The number of fused-ring (bicyclic) bond motifs is 3. The van der Waals surface area contributed by atoms with Crippen LogP contribution in [0.2, 0.25) is 0 Å². The highest BCUT2D eigenvalue weighted by Gasteiger charge is 2.10. The standard InChI is InChI=1S/C30H21N/c1-3-9-21(10-4-1)24-17-25(22-11-5-2-6-12-22)19-26(18-24)23-15-16-30-28(20-23)27-13-7-8-14-29(27)31-30/h1-20,31H/i7D,8D,13D,14D. The van der Waals surface area contributed by atoms with E-state index in [0.717, 1.165) is 44.3 Å². The molecule has 0 atom stereocenters. The van der Waals surface area contributed by atoms with E-state index in [2.05, 4.69) is 47.4 Å². The Morgan fingerprint density at radius 3 is 1.68 bits per heavy atom. The summed E-state index contributed by atoms with van der Waals surface area (Å²) in [5.74, 6) is 0. The molecule has 1 nitrogen and oxygen atoms in total. The summed E-state index contributed by atoms with van der Waals surface area (Å²) in [6.45, 7) is 0. The van der Waals surface area contributed by atoms with E-state index in [9.17, 15) is 0 Å². The molecule has 0 spiro atoms. The van der Waals surface area contributed by atoms with Gasteiger partial charge in [0.15, 0.2) is 0 Å². The molecule has 146 valence electrons. The summed E-state index contributed by atoms with van der Waals surface area (Å²) in [6, 6.07) is 32.6. The third kappa shape index (κ3) is 3.21. The predicted molar refractivity (Wildman–Crippen MR) is 132 cm³/mol. The number of aromatic nitrogens is 1. The summed E-state index contributed by atoms with van der Waals surface area (Å²) in [6.07, 6.45) is 0. The Labute approximate surface area is 187 Å². The van der Waals surface area contributed by atoms with Gasteiger partial charge in [0.1, 0.15) is 0 Å². The quantitative estimate of drug-likeness (QED) is 0.308. The average Bonchev–Trinajstić information content (AvgIpc) is 3.30. The van der Waals surface area contributed by atoms with Gasteiger partial charge in [-0.05, 0) is 69.8 Å². The zero-order valence-corrected chi connectivity index (χ0v) is 16.7. The van der Waals surface area contributed by atoms with E-state index in [1.807, 2.05) is 54.6 Å². The number of aromatic amines is 1. The number of nitrogens with one attached hydrogen (secondary N) is 1. The Balaban J connectivity index is 1.61. The van der Waals surface area contributed by atoms with Gasteiger partial charge in [0.05, 0.1) is 5.48 Å². The maximum absolute atomic E-state index is 8.48. The van der Waals surface area contributed by atoms with Crippen molar-refractivity contribution in [1.29, 1.82) is 0 Å². The first kappa shape index (κ1) is 14.0. The molecule has 0 bridgehead atoms. The molecule has 0 aliphatic heterocycles. The number of hydrogen-bond donors (Lipinski definition) is 1. The third-order valence-electron chi connectivity index (χ3n) is 5.72. The van der Waals surface area contributed by atoms with Gasteiger partial charge in [0.2, 0.25) is 0 Å². The first-order valence-electron chi connectivity index (χ1n) is 12.3. The van der Waals surface area contributed by atoms with Crippen molar-refractivity contribution in [3.63, 3.8) is 0 Å². The van der Waals surface area contributed by atoms with Gasteiger partial charge < -0.3 is 4.98 Å². The van der Waals surface area contributed by atoms with Crippen molar-refractivity contribution in [2.75, 3.05) is 0 Å². The van der Waals surface area contributed by atoms with E-state index < -0.39 is 0 Å². The number of benzene rings is 5. The summed E-state index contributed by atoms with van der Waals surface area (Å²) in [5, 5.41) is 1.31. The van der Waals surface area contributed by atoms with E-state index in [0.29, 0.717) is 10.9 Å². The lowest BCUT2D eigenvalue weighted by Gasteiger charge is -2.11. The second-order valence-electron chi connectivity index (χ2n) is 7.67. The summed E-state index contributed by atoms with van der Waals surface area (Å²) in [4.78, 5) is 3.20. The van der Waals surface area contributed by atoms with Crippen molar-refractivity contribution in [3.05, 3.63) is 121 Å². The van der Waals surface area contributed by atoms with Crippen LogP contribution in [-0.4, -0.2) is 4.98 Å². The van der Waals surface area contributed by atoms with E-state index in [1.54, 1.807) is 0 Å². The monoisotopic (exact) mass is 399 g/mol. The lowest BCUT2D eigenvalue weighted by Crippen LogP contribution is -1.86. The normalized spacial score (nSPS) is 13.0. The Kier molecular flexibility index (Phi) is 3.30. The minimum absolute atomic E-state index is 0.0209. The second kappa shape index (κ2) is 7.30. The van der Waals surface area contributed by atoms with Crippen LogP contribution in [0.25, 0.3) is 55.2 Å². The number of rotatable bonds is 3. The number of hydrogen-bond acceptors (Lipinski definition) is 0. The molecule has 0 fully saturated rings. The molecule has 0 radical (unpaired) electrons. The fourth-order valence-corrected chi connectivity index (χ4v) is 4.17. The van der Waals surface area contributed by atoms with Gasteiger partial charge in [-0.2, -0.15) is 0 Å². The molecule has 31 heavy (non-hydrogen) atoms. The van der Waals surface area contributed by atoms with Crippen LogP contribution >= 0.6 is 0 Å². The Bertz CT molecular complexity index is 1660. The maximum Gasteiger partial charge on any atom is 0.0645 e. The van der Waals surface area contributed by atoms with Crippen molar-refractivity contribution in [1.82, 2.24) is 4.98 Å². The summed E-state index contributed by atoms with van der Waals surface area (Å²) < 4.78 is 32.9. The molecule has 1 aromatic heterocycles. The van der Waals surface area contributed by atoms with Crippen LogP contribution in [0, 0.1) is 0 Å². The van der Waals surface area contributed by atoms with Gasteiger partial charge >= 0.3 is 0 Å². The van der Waals surface area contributed by atoms with Crippen LogP contribution in [0.1, 0.15) is 5.48 Å². The summed E-state index contributed by atoms with van der Waals surface area (Å²) in [7, 11) is 0. The Morgan fingerprint density at radius 2 is 1.03 bits per heavy atom. The molecular formula is C30H21N. The average molecular weight is 400 g/mol. The minimum atomic E-state index is -0.225. The van der Waals surface area contributed by atoms with Gasteiger partial charge in [-0.3, -0.25) is 0 Å². The highest BCUT2D eigenvalue weighted by Crippen LogP contribution is 2.35. The predicted octanol–water partition coefficient (Wildman–Crippen LogP) is 8.32. The molecule has 0 amide bonds. The molecule has 1 heteroatoms. The molecule has 6 aromatic rings. The van der Waals surface area contributed by atoms with E-state index in [1.165, 1.54) is 0 Å². The fourth-order valence-electron chi connectivity index (χ4n) is 4.17. The van der Waals surface area contributed by atoms with E-state index >= 15 is 0 Å². The van der Waals surface area contributed by atoms with Crippen molar-refractivity contribution < 1.29 is 5.48 Å². The van der Waals surface area contributed by atoms with Crippen molar-refractivity contribution >= 4 is 21.8 Å². The zero-order valence-electron chi connectivity index (χ0n) is 20.7. The molecule has 0 unspecified atom stereocenters. The van der Waals surface area contributed by atoms with Gasteiger partial charge in [0.25, 0.3) is 0 Å². The van der Waals surface area contributed by atoms with Crippen LogP contribution in [0.3, 0.4) is 0 Å². The van der Waals surface area contributed by atoms with E-state index in [4.69, 9.17) is 5.48 Å².